The van der Waals surface area contributed by atoms with Crippen molar-refractivity contribution in [3.63, 3.8) is 0 Å². The zero-order valence-corrected chi connectivity index (χ0v) is 11.8. The molecular weight excluding hydrogens is 280 g/mol. The first-order chi connectivity index (χ1) is 9.43. The van der Waals surface area contributed by atoms with Crippen LogP contribution in [0.3, 0.4) is 0 Å². The lowest BCUT2D eigenvalue weighted by Gasteiger charge is -2.19. The quantitative estimate of drug-likeness (QED) is 0.854. The van der Waals surface area contributed by atoms with Crippen LogP contribution in [0.5, 0.6) is 0 Å². The number of likely N-dealkylation sites (tertiary alicyclic amines) is 1. The van der Waals surface area contributed by atoms with Gasteiger partial charge in [0.25, 0.3) is 5.91 Å². The number of carbonyl (C=O) groups excluding carboxylic acids is 2. The summed E-state index contributed by atoms with van der Waals surface area (Å²) in [6.07, 6.45) is 1.44. The number of halogens is 1. The highest BCUT2D eigenvalue weighted by molar-refractivity contribution is 6.33. The van der Waals surface area contributed by atoms with Crippen molar-refractivity contribution in [3.05, 3.63) is 22.8 Å². The number of aromatic nitrogens is 1. The van der Waals surface area contributed by atoms with Gasteiger partial charge in [-0.15, -0.1) is 0 Å². The average molecular weight is 293 g/mol. The van der Waals surface area contributed by atoms with E-state index in [4.69, 9.17) is 16.9 Å². The van der Waals surface area contributed by atoms with Crippen molar-refractivity contribution in [3.8, 4) is 6.07 Å². The molecule has 6 nitrogen and oxygen atoms in total. The Kier molecular flexibility index (Phi) is 3.91. The van der Waals surface area contributed by atoms with Crippen molar-refractivity contribution in [2.45, 2.75) is 32.4 Å². The summed E-state index contributed by atoms with van der Waals surface area (Å²) in [7, 11) is 0. The van der Waals surface area contributed by atoms with Gasteiger partial charge in [0, 0.05) is 12.2 Å². The van der Waals surface area contributed by atoms with Crippen molar-refractivity contribution < 1.29 is 9.59 Å². The van der Waals surface area contributed by atoms with Crippen molar-refractivity contribution in [2.24, 2.45) is 0 Å². The lowest BCUT2D eigenvalue weighted by atomic mass is 10.2. The molecule has 0 bridgehead atoms. The van der Waals surface area contributed by atoms with E-state index >= 15 is 0 Å². The molecule has 1 N–H and O–H groups in total. The minimum absolute atomic E-state index is 0.0784. The van der Waals surface area contributed by atoms with E-state index in [-0.39, 0.29) is 29.3 Å². The molecule has 1 aromatic heterocycles. The maximum absolute atomic E-state index is 12.1. The largest absolute Gasteiger partial charge is 0.357 e. The van der Waals surface area contributed by atoms with Crippen LogP contribution in [0.1, 0.15) is 25.8 Å². The molecule has 2 rings (SSSR count). The summed E-state index contributed by atoms with van der Waals surface area (Å²) in [6.45, 7) is 3.57. The smallest absolute Gasteiger partial charge is 0.252 e. The third-order valence-corrected chi connectivity index (χ3v) is 3.27. The monoisotopic (exact) mass is 292 g/mol. The Labute approximate surface area is 121 Å². The third-order valence-electron chi connectivity index (χ3n) is 2.98. The van der Waals surface area contributed by atoms with Gasteiger partial charge in [-0.1, -0.05) is 11.6 Å². The highest BCUT2D eigenvalue weighted by atomic mass is 35.5. The zero-order chi connectivity index (χ0) is 14.9. The fourth-order valence-electron chi connectivity index (χ4n) is 2.08. The summed E-state index contributed by atoms with van der Waals surface area (Å²) >= 11 is 5.98. The van der Waals surface area contributed by atoms with Crippen LogP contribution in [-0.4, -0.2) is 33.8 Å². The van der Waals surface area contributed by atoms with Crippen LogP contribution in [0.2, 0.25) is 5.02 Å². The van der Waals surface area contributed by atoms with E-state index in [2.05, 4.69) is 10.3 Å². The van der Waals surface area contributed by atoms with Gasteiger partial charge in [-0.25, -0.2) is 4.98 Å². The zero-order valence-electron chi connectivity index (χ0n) is 11.1. The van der Waals surface area contributed by atoms with E-state index in [1.54, 1.807) is 13.8 Å². The summed E-state index contributed by atoms with van der Waals surface area (Å²) < 4.78 is 0. The van der Waals surface area contributed by atoms with Crippen LogP contribution in [0.15, 0.2) is 12.3 Å². The number of imide groups is 1. The van der Waals surface area contributed by atoms with E-state index in [1.165, 1.54) is 17.2 Å². The number of amides is 2. The number of nitriles is 1. The van der Waals surface area contributed by atoms with Crippen molar-refractivity contribution in [1.29, 1.82) is 5.26 Å². The third kappa shape index (κ3) is 2.58. The Morgan fingerprint density at radius 1 is 1.55 bits per heavy atom. The highest BCUT2D eigenvalue weighted by Crippen LogP contribution is 2.24. The van der Waals surface area contributed by atoms with Gasteiger partial charge in [-0.3, -0.25) is 14.5 Å². The number of nitrogens with zero attached hydrogens (tertiary/aromatic N) is 3. The molecule has 0 spiro atoms. The van der Waals surface area contributed by atoms with E-state index in [1.807, 2.05) is 6.07 Å². The molecule has 1 fully saturated rings. The molecule has 1 aromatic rings. The maximum Gasteiger partial charge on any atom is 0.252 e. The predicted octanol–water partition coefficient (Wildman–Crippen LogP) is 1.55. The summed E-state index contributed by atoms with van der Waals surface area (Å²) in [4.78, 5) is 29.1. The van der Waals surface area contributed by atoms with Gasteiger partial charge in [0.05, 0.1) is 17.0 Å². The number of hydrogen-bond donors (Lipinski definition) is 1. The number of hydrogen-bond acceptors (Lipinski definition) is 5. The maximum atomic E-state index is 12.1. The molecule has 2 heterocycles. The molecule has 7 heteroatoms. The normalized spacial score (nSPS) is 18.6. The minimum atomic E-state index is -0.664. The van der Waals surface area contributed by atoms with E-state index in [0.717, 1.165) is 0 Å². The van der Waals surface area contributed by atoms with Crippen molar-refractivity contribution in [1.82, 2.24) is 9.88 Å². The molecular formula is C13H13ClN4O2. The number of anilines is 1. The first kappa shape index (κ1) is 14.3. The molecule has 1 aliphatic rings. The molecule has 20 heavy (non-hydrogen) atoms. The minimum Gasteiger partial charge on any atom is -0.357 e. The molecule has 2 amide bonds. The van der Waals surface area contributed by atoms with Gasteiger partial charge in [0.2, 0.25) is 5.91 Å². The van der Waals surface area contributed by atoms with Crippen molar-refractivity contribution in [2.75, 3.05) is 5.32 Å². The second-order valence-electron chi connectivity index (χ2n) is 4.76. The lowest BCUT2D eigenvalue weighted by molar-refractivity contribution is -0.140. The summed E-state index contributed by atoms with van der Waals surface area (Å²) in [5.74, 6) is -0.207. The number of rotatable bonds is 3. The summed E-state index contributed by atoms with van der Waals surface area (Å²) in [5.41, 5.74) is 0.332. The highest BCUT2D eigenvalue weighted by Gasteiger charge is 2.40. The summed E-state index contributed by atoms with van der Waals surface area (Å²) in [6, 6.07) is 2.54. The van der Waals surface area contributed by atoms with Crippen LogP contribution >= 0.6 is 11.6 Å². The molecule has 0 saturated carbocycles. The van der Waals surface area contributed by atoms with Gasteiger partial charge in [0.1, 0.15) is 17.9 Å². The Morgan fingerprint density at radius 2 is 2.25 bits per heavy atom. The van der Waals surface area contributed by atoms with Crippen LogP contribution < -0.4 is 5.32 Å². The fraction of sp³-hybridized carbons (Fsp3) is 0.385. The van der Waals surface area contributed by atoms with Gasteiger partial charge in [-0.05, 0) is 19.9 Å². The molecule has 0 aromatic carbocycles. The number of pyridine rings is 1. The standard InChI is InChI=1S/C13H13ClN4O2/c1-7(2)18-11(19)4-10(13(18)20)17-12-9(14)3-8(5-15)6-16-12/h3,6-7,10H,4H2,1-2H3,(H,16,17)/t10-/m1/s1. The van der Waals surface area contributed by atoms with Gasteiger partial charge in [-0.2, -0.15) is 5.26 Å². The number of carbonyl (C=O) groups is 2. The molecule has 0 radical (unpaired) electrons. The molecule has 0 aliphatic carbocycles. The Bertz CT molecular complexity index is 609. The van der Waals surface area contributed by atoms with E-state index in [9.17, 15) is 9.59 Å². The summed E-state index contributed by atoms with van der Waals surface area (Å²) in [5, 5.41) is 11.8. The predicted molar refractivity (Wildman–Crippen MR) is 73.0 cm³/mol. The molecule has 0 unspecified atom stereocenters. The van der Waals surface area contributed by atoms with E-state index < -0.39 is 6.04 Å². The second kappa shape index (κ2) is 5.47. The topological polar surface area (TPSA) is 86.1 Å². The molecule has 1 atom stereocenters. The Balaban J connectivity index is 2.18. The average Bonchev–Trinajstić information content (AvgIpc) is 2.66. The molecule has 104 valence electrons. The molecule has 1 saturated heterocycles. The Hall–Kier alpha value is -2.13. The van der Waals surface area contributed by atoms with Crippen LogP contribution in [0, 0.1) is 11.3 Å². The fourth-order valence-corrected chi connectivity index (χ4v) is 2.30. The van der Waals surface area contributed by atoms with E-state index in [0.29, 0.717) is 11.4 Å². The van der Waals surface area contributed by atoms with Gasteiger partial charge in [0.15, 0.2) is 0 Å². The first-order valence-electron chi connectivity index (χ1n) is 6.12. The van der Waals surface area contributed by atoms with Crippen LogP contribution in [-0.2, 0) is 9.59 Å². The first-order valence-corrected chi connectivity index (χ1v) is 6.50. The van der Waals surface area contributed by atoms with Crippen molar-refractivity contribution >= 4 is 29.2 Å². The second-order valence-corrected chi connectivity index (χ2v) is 5.17. The number of nitrogens with one attached hydrogen (secondary N) is 1. The lowest BCUT2D eigenvalue weighted by Crippen LogP contribution is -2.39. The molecule has 1 aliphatic heterocycles. The van der Waals surface area contributed by atoms with Gasteiger partial charge < -0.3 is 5.32 Å². The van der Waals surface area contributed by atoms with Crippen LogP contribution in [0.4, 0.5) is 5.82 Å². The van der Waals surface area contributed by atoms with Crippen LogP contribution in [0.25, 0.3) is 0 Å². The SMILES string of the molecule is CC(C)N1C(=O)C[C@@H](Nc2ncc(C#N)cc2Cl)C1=O. The van der Waals surface area contributed by atoms with Gasteiger partial charge >= 0.3 is 0 Å². The Morgan fingerprint density at radius 3 is 2.75 bits per heavy atom.